The Bertz CT molecular complexity index is 632. The van der Waals surface area contributed by atoms with Crippen LogP contribution in [0, 0.1) is 0 Å². The molecule has 31 heavy (non-hydrogen) atoms. The van der Waals surface area contributed by atoms with Gasteiger partial charge in [-0.15, -0.1) is 0 Å². The lowest BCUT2D eigenvalue weighted by Gasteiger charge is -2.24. The third-order valence-corrected chi connectivity index (χ3v) is 4.87. The molecule has 0 aromatic carbocycles. The summed E-state index contributed by atoms with van der Waals surface area (Å²) in [6, 6.07) is -4.68. The molecule has 12 nitrogen and oxygen atoms in total. The first-order valence-electron chi connectivity index (χ1n) is 9.83. The highest BCUT2D eigenvalue weighted by molar-refractivity contribution is 7.98. The lowest BCUT2D eigenvalue weighted by molar-refractivity contribution is -0.143. The van der Waals surface area contributed by atoms with Crippen LogP contribution >= 0.6 is 11.8 Å². The maximum Gasteiger partial charge on any atom is 0.326 e. The van der Waals surface area contributed by atoms with Gasteiger partial charge >= 0.3 is 11.9 Å². The van der Waals surface area contributed by atoms with E-state index in [1.165, 1.54) is 18.7 Å². The highest BCUT2D eigenvalue weighted by atomic mass is 32.2. The van der Waals surface area contributed by atoms with Gasteiger partial charge in [-0.25, -0.2) is 4.79 Å². The Morgan fingerprint density at radius 1 is 0.871 bits per heavy atom. The molecule has 0 saturated heterocycles. The van der Waals surface area contributed by atoms with Crippen LogP contribution in [-0.4, -0.2) is 82.6 Å². The Balaban J connectivity index is 5.33. The number of rotatable bonds is 16. The molecular formula is C18H33N5O7S. The fourth-order valence-electron chi connectivity index (χ4n) is 2.49. The Labute approximate surface area is 185 Å². The summed E-state index contributed by atoms with van der Waals surface area (Å²) in [6.45, 7) is 1.80. The zero-order valence-electron chi connectivity index (χ0n) is 17.8. The van der Waals surface area contributed by atoms with Crippen molar-refractivity contribution >= 4 is 41.4 Å². The fraction of sp³-hybridized carbons (Fsp3) is 0.722. The minimum Gasteiger partial charge on any atom is -0.481 e. The number of carbonyl (C=O) groups is 5. The van der Waals surface area contributed by atoms with Crippen molar-refractivity contribution in [2.45, 2.75) is 63.2 Å². The molecular weight excluding hydrogens is 430 g/mol. The number of unbranched alkanes of at least 4 members (excludes halogenated alkanes) is 1. The van der Waals surface area contributed by atoms with E-state index in [-0.39, 0.29) is 12.8 Å². The van der Waals surface area contributed by atoms with Crippen LogP contribution in [0.1, 0.15) is 39.0 Å². The number of carboxylic acid groups (broad SMARTS) is 2. The van der Waals surface area contributed by atoms with Crippen molar-refractivity contribution in [1.29, 1.82) is 0 Å². The number of nitrogens with two attached hydrogens (primary N) is 2. The molecule has 0 fully saturated rings. The van der Waals surface area contributed by atoms with E-state index in [1.54, 1.807) is 6.26 Å². The van der Waals surface area contributed by atoms with Gasteiger partial charge in [0.1, 0.15) is 18.1 Å². The van der Waals surface area contributed by atoms with Gasteiger partial charge in [0.15, 0.2) is 0 Å². The molecule has 4 unspecified atom stereocenters. The van der Waals surface area contributed by atoms with E-state index in [0.717, 1.165) is 0 Å². The molecule has 0 radical (unpaired) electrons. The fourth-order valence-corrected chi connectivity index (χ4v) is 2.96. The summed E-state index contributed by atoms with van der Waals surface area (Å²) in [5.41, 5.74) is 10.9. The minimum absolute atomic E-state index is 0.104. The third kappa shape index (κ3) is 12.2. The van der Waals surface area contributed by atoms with Gasteiger partial charge in [0.25, 0.3) is 0 Å². The van der Waals surface area contributed by atoms with Gasteiger partial charge in [0.2, 0.25) is 17.7 Å². The minimum atomic E-state index is -1.52. The van der Waals surface area contributed by atoms with Crippen molar-refractivity contribution in [1.82, 2.24) is 16.0 Å². The van der Waals surface area contributed by atoms with Crippen molar-refractivity contribution in [2.75, 3.05) is 18.6 Å². The molecule has 0 aliphatic carbocycles. The maximum atomic E-state index is 12.7. The van der Waals surface area contributed by atoms with Crippen LogP contribution in [0.2, 0.25) is 0 Å². The van der Waals surface area contributed by atoms with Crippen LogP contribution < -0.4 is 27.4 Å². The summed E-state index contributed by atoms with van der Waals surface area (Å²) in [6.07, 6.45) is 2.38. The standard InChI is InChI=1S/C18H33N5O7S/c1-10(20)15(26)21-11(6-8-31-2)16(27)23-13(9-14(24)25)17(28)22-12(18(29)30)5-3-4-7-19/h10-13H,3-9,19-20H2,1-2H3,(H,21,26)(H,22,28)(H,23,27)(H,24,25)(H,29,30). The van der Waals surface area contributed by atoms with E-state index in [4.69, 9.17) is 16.6 Å². The Kier molecular flexibility index (Phi) is 14.2. The van der Waals surface area contributed by atoms with Crippen LogP contribution in [0.5, 0.6) is 0 Å². The number of aliphatic carboxylic acids is 2. The number of hydrogen-bond donors (Lipinski definition) is 7. The molecule has 13 heteroatoms. The second-order valence-electron chi connectivity index (χ2n) is 6.97. The molecule has 0 saturated carbocycles. The van der Waals surface area contributed by atoms with Crippen molar-refractivity contribution in [3.05, 3.63) is 0 Å². The van der Waals surface area contributed by atoms with E-state index < -0.39 is 60.2 Å². The predicted molar refractivity (Wildman–Crippen MR) is 115 cm³/mol. The number of amides is 3. The highest BCUT2D eigenvalue weighted by Gasteiger charge is 2.31. The normalized spacial score (nSPS) is 14.6. The van der Waals surface area contributed by atoms with E-state index in [1.807, 2.05) is 0 Å². The molecule has 9 N–H and O–H groups in total. The first-order valence-corrected chi connectivity index (χ1v) is 11.2. The van der Waals surface area contributed by atoms with Gasteiger partial charge in [-0.1, -0.05) is 0 Å². The molecule has 0 aliphatic heterocycles. The van der Waals surface area contributed by atoms with E-state index >= 15 is 0 Å². The summed E-state index contributed by atoms with van der Waals surface area (Å²) >= 11 is 1.43. The first kappa shape index (κ1) is 28.6. The number of carbonyl (C=O) groups excluding carboxylic acids is 3. The summed E-state index contributed by atoms with van der Waals surface area (Å²) < 4.78 is 0. The van der Waals surface area contributed by atoms with Gasteiger partial charge < -0.3 is 37.6 Å². The molecule has 178 valence electrons. The summed E-state index contributed by atoms with van der Waals surface area (Å²) in [4.78, 5) is 59.7. The summed E-state index contributed by atoms with van der Waals surface area (Å²) in [5, 5.41) is 25.4. The predicted octanol–water partition coefficient (Wildman–Crippen LogP) is -1.77. The quantitative estimate of drug-likeness (QED) is 0.128. The average Bonchev–Trinajstić information content (AvgIpc) is 2.68. The molecule has 0 heterocycles. The molecule has 3 amide bonds. The van der Waals surface area contributed by atoms with E-state index in [2.05, 4.69) is 16.0 Å². The zero-order chi connectivity index (χ0) is 24.0. The number of carboxylic acids is 2. The zero-order valence-corrected chi connectivity index (χ0v) is 18.6. The Morgan fingerprint density at radius 3 is 1.90 bits per heavy atom. The Hall–Kier alpha value is -2.38. The van der Waals surface area contributed by atoms with Gasteiger partial charge in [0, 0.05) is 0 Å². The van der Waals surface area contributed by atoms with Gasteiger partial charge in [0.05, 0.1) is 12.5 Å². The van der Waals surface area contributed by atoms with Crippen molar-refractivity contribution < 1.29 is 34.2 Å². The van der Waals surface area contributed by atoms with Gasteiger partial charge in [-0.2, -0.15) is 11.8 Å². The topological polar surface area (TPSA) is 214 Å². The maximum absolute atomic E-state index is 12.7. The molecule has 0 bridgehead atoms. The van der Waals surface area contributed by atoms with Gasteiger partial charge in [-0.05, 0) is 51.2 Å². The molecule has 0 rings (SSSR count). The first-order chi connectivity index (χ1) is 14.5. The van der Waals surface area contributed by atoms with Crippen LogP contribution in [-0.2, 0) is 24.0 Å². The van der Waals surface area contributed by atoms with Crippen LogP contribution in [0.25, 0.3) is 0 Å². The summed E-state index contributed by atoms with van der Waals surface area (Å²) in [7, 11) is 0. The van der Waals surface area contributed by atoms with Crippen molar-refractivity contribution in [3.8, 4) is 0 Å². The monoisotopic (exact) mass is 463 g/mol. The van der Waals surface area contributed by atoms with Crippen LogP contribution in [0.4, 0.5) is 0 Å². The molecule has 0 spiro atoms. The second-order valence-corrected chi connectivity index (χ2v) is 7.96. The van der Waals surface area contributed by atoms with Crippen molar-refractivity contribution in [3.63, 3.8) is 0 Å². The highest BCUT2D eigenvalue weighted by Crippen LogP contribution is 2.05. The molecule has 0 aromatic heterocycles. The SMILES string of the molecule is CSCCC(NC(=O)C(C)N)C(=O)NC(CC(=O)O)C(=O)NC(CCCCN)C(=O)O. The average molecular weight is 464 g/mol. The largest absolute Gasteiger partial charge is 0.481 e. The molecule has 4 atom stereocenters. The third-order valence-electron chi connectivity index (χ3n) is 4.23. The lowest BCUT2D eigenvalue weighted by atomic mass is 10.1. The number of hydrogen-bond acceptors (Lipinski definition) is 8. The Morgan fingerprint density at radius 2 is 1.42 bits per heavy atom. The lowest BCUT2D eigenvalue weighted by Crippen LogP contribution is -2.57. The second kappa shape index (κ2) is 15.4. The van der Waals surface area contributed by atoms with E-state index in [0.29, 0.717) is 25.1 Å². The van der Waals surface area contributed by atoms with Crippen LogP contribution in [0.15, 0.2) is 0 Å². The van der Waals surface area contributed by atoms with Crippen molar-refractivity contribution in [2.24, 2.45) is 11.5 Å². The number of thioether (sulfide) groups is 1. The summed E-state index contributed by atoms with van der Waals surface area (Å²) in [5.74, 6) is -4.43. The van der Waals surface area contributed by atoms with Crippen LogP contribution in [0.3, 0.4) is 0 Å². The van der Waals surface area contributed by atoms with E-state index in [9.17, 15) is 29.1 Å². The molecule has 0 aromatic rings. The molecule has 0 aliphatic rings. The van der Waals surface area contributed by atoms with Gasteiger partial charge in [-0.3, -0.25) is 19.2 Å². The smallest absolute Gasteiger partial charge is 0.326 e. The number of nitrogens with one attached hydrogen (secondary N) is 3.